The van der Waals surface area contributed by atoms with Gasteiger partial charge in [0.2, 0.25) is 17.7 Å². The number of thioether (sulfide) groups is 1. The standard InChI is InChI=1S/C33H21ClF3N3O4S2/c34-21-11-8-18(9-12-21)25-26-27(30(43)40(29(26)42)23-7-3-6-20(15-23)33(35,36)37)45-31-28(25)46-32(44)39(31)16-24(41)38-22-13-10-17-4-1-2-5-19(17)14-22/h1-15,25-27H,16H2,(H,38,41). The first-order valence-electron chi connectivity index (χ1n) is 14.0. The Hall–Kier alpha value is -4.39. The molecule has 46 heavy (non-hydrogen) atoms. The van der Waals surface area contributed by atoms with Gasteiger partial charge in [-0.15, -0.1) is 0 Å². The molecule has 1 N–H and O–H groups in total. The largest absolute Gasteiger partial charge is 0.416 e. The van der Waals surface area contributed by atoms with Crippen molar-refractivity contribution in [3.8, 4) is 0 Å². The molecule has 0 saturated carbocycles. The van der Waals surface area contributed by atoms with Crippen LogP contribution in [0, 0.1) is 5.92 Å². The first-order valence-corrected chi connectivity index (χ1v) is 16.1. The number of benzene rings is 4. The molecule has 0 aliphatic carbocycles. The molecule has 7 nitrogen and oxygen atoms in total. The molecule has 3 atom stereocenters. The molecule has 0 spiro atoms. The van der Waals surface area contributed by atoms with Crippen LogP contribution in [0.4, 0.5) is 24.5 Å². The van der Waals surface area contributed by atoms with Crippen LogP contribution in [-0.4, -0.2) is 27.5 Å². The van der Waals surface area contributed by atoms with Crippen molar-refractivity contribution < 1.29 is 27.6 Å². The van der Waals surface area contributed by atoms with E-state index in [-0.39, 0.29) is 12.2 Å². The van der Waals surface area contributed by atoms with Gasteiger partial charge in [0.25, 0.3) is 0 Å². The molecule has 1 aromatic heterocycles. The zero-order valence-electron chi connectivity index (χ0n) is 23.5. The van der Waals surface area contributed by atoms with Crippen molar-refractivity contribution in [3.63, 3.8) is 0 Å². The Morgan fingerprint density at radius 1 is 0.870 bits per heavy atom. The number of hydrogen-bond acceptors (Lipinski definition) is 6. The molecule has 13 heteroatoms. The first-order chi connectivity index (χ1) is 22.0. The average molecular weight is 680 g/mol. The molecule has 5 aromatic rings. The second kappa shape index (κ2) is 11.4. The van der Waals surface area contributed by atoms with E-state index in [9.17, 15) is 32.3 Å². The highest BCUT2D eigenvalue weighted by Gasteiger charge is 2.57. The van der Waals surface area contributed by atoms with Crippen LogP contribution in [0.15, 0.2) is 101 Å². The zero-order chi connectivity index (χ0) is 32.3. The van der Waals surface area contributed by atoms with Gasteiger partial charge in [0.05, 0.1) is 22.2 Å². The van der Waals surface area contributed by atoms with Crippen LogP contribution in [0.3, 0.4) is 0 Å². The van der Waals surface area contributed by atoms with Crippen LogP contribution in [0.2, 0.25) is 5.02 Å². The molecule has 1 fully saturated rings. The minimum atomic E-state index is -4.68. The lowest BCUT2D eigenvalue weighted by atomic mass is 9.83. The van der Waals surface area contributed by atoms with Gasteiger partial charge in [-0.05, 0) is 58.8 Å². The van der Waals surface area contributed by atoms with Gasteiger partial charge in [-0.2, -0.15) is 13.2 Å². The fourth-order valence-corrected chi connectivity index (χ4v) is 8.87. The Morgan fingerprint density at radius 2 is 1.61 bits per heavy atom. The fourth-order valence-electron chi connectivity index (χ4n) is 5.97. The number of carbonyl (C=O) groups excluding carboxylic acids is 3. The van der Waals surface area contributed by atoms with Gasteiger partial charge in [-0.3, -0.25) is 23.7 Å². The number of anilines is 2. The van der Waals surface area contributed by atoms with Crippen molar-refractivity contribution in [2.75, 3.05) is 10.2 Å². The third-order valence-corrected chi connectivity index (χ3v) is 10.9. The minimum absolute atomic E-state index is 0.190. The molecular formula is C33H21ClF3N3O4S2. The molecule has 0 radical (unpaired) electrons. The van der Waals surface area contributed by atoms with E-state index in [0.717, 1.165) is 57.0 Å². The molecule has 0 bridgehead atoms. The monoisotopic (exact) mass is 679 g/mol. The van der Waals surface area contributed by atoms with Crippen LogP contribution in [0.1, 0.15) is 21.9 Å². The Bertz CT molecular complexity index is 2110. The van der Waals surface area contributed by atoms with Gasteiger partial charge < -0.3 is 5.32 Å². The average Bonchev–Trinajstić information content (AvgIpc) is 3.47. The van der Waals surface area contributed by atoms with Crippen LogP contribution >= 0.6 is 34.7 Å². The molecule has 2 aliphatic heterocycles. The summed E-state index contributed by atoms with van der Waals surface area (Å²) in [5.74, 6) is -3.64. The lowest BCUT2D eigenvalue weighted by Gasteiger charge is -2.30. The molecule has 4 aromatic carbocycles. The Balaban J connectivity index is 1.26. The predicted octanol–water partition coefficient (Wildman–Crippen LogP) is 7.17. The van der Waals surface area contributed by atoms with Crippen molar-refractivity contribution in [3.05, 3.63) is 122 Å². The number of halogens is 4. The maximum Gasteiger partial charge on any atom is 0.416 e. The summed E-state index contributed by atoms with van der Waals surface area (Å²) in [6.45, 7) is -0.352. The van der Waals surface area contributed by atoms with Gasteiger partial charge in [-0.25, -0.2) is 4.90 Å². The summed E-state index contributed by atoms with van der Waals surface area (Å²) in [5.41, 5.74) is -0.0409. The zero-order valence-corrected chi connectivity index (χ0v) is 25.8. The van der Waals surface area contributed by atoms with E-state index in [1.165, 1.54) is 10.6 Å². The summed E-state index contributed by atoms with van der Waals surface area (Å²) >= 11 is 7.98. The fraction of sp³-hybridized carbons (Fsp3) is 0.152. The summed E-state index contributed by atoms with van der Waals surface area (Å²) in [5, 5.41) is 4.48. The molecule has 2 aliphatic rings. The van der Waals surface area contributed by atoms with Crippen LogP contribution in [0.25, 0.3) is 10.8 Å². The number of fused-ring (bicyclic) bond motifs is 3. The highest BCUT2D eigenvalue weighted by molar-refractivity contribution is 8.00. The number of nitrogens with one attached hydrogen (secondary N) is 1. The number of aromatic nitrogens is 1. The molecule has 232 valence electrons. The summed E-state index contributed by atoms with van der Waals surface area (Å²) in [6, 6.07) is 23.8. The van der Waals surface area contributed by atoms with Gasteiger partial charge in [0.1, 0.15) is 11.8 Å². The summed E-state index contributed by atoms with van der Waals surface area (Å²) in [7, 11) is 0. The number of amides is 3. The topological polar surface area (TPSA) is 88.5 Å². The maximum absolute atomic E-state index is 14.0. The lowest BCUT2D eigenvalue weighted by molar-refractivity contribution is -0.137. The predicted molar refractivity (Wildman–Crippen MR) is 172 cm³/mol. The third-order valence-electron chi connectivity index (χ3n) is 8.05. The van der Waals surface area contributed by atoms with E-state index in [4.69, 9.17) is 11.6 Å². The number of alkyl halides is 3. The molecule has 3 heterocycles. The Kier molecular flexibility index (Phi) is 7.53. The summed E-state index contributed by atoms with van der Waals surface area (Å²) < 4.78 is 41.9. The number of thiazole rings is 1. The van der Waals surface area contributed by atoms with Gasteiger partial charge in [-0.1, -0.05) is 83.2 Å². The van der Waals surface area contributed by atoms with Gasteiger partial charge in [0.15, 0.2) is 0 Å². The van der Waals surface area contributed by atoms with Crippen molar-refractivity contribution in [2.24, 2.45) is 5.92 Å². The number of hydrogen-bond donors (Lipinski definition) is 1. The van der Waals surface area contributed by atoms with Gasteiger partial charge >= 0.3 is 11.0 Å². The Morgan fingerprint density at radius 3 is 2.35 bits per heavy atom. The van der Waals surface area contributed by atoms with E-state index >= 15 is 0 Å². The summed E-state index contributed by atoms with van der Waals surface area (Å²) in [4.78, 5) is 55.3. The van der Waals surface area contributed by atoms with Crippen LogP contribution in [-0.2, 0) is 27.1 Å². The number of rotatable bonds is 5. The van der Waals surface area contributed by atoms with E-state index in [1.54, 1.807) is 30.3 Å². The van der Waals surface area contributed by atoms with Crippen LogP contribution in [0.5, 0.6) is 0 Å². The minimum Gasteiger partial charge on any atom is -0.325 e. The van der Waals surface area contributed by atoms with Crippen molar-refractivity contribution in [1.82, 2.24) is 4.57 Å². The van der Waals surface area contributed by atoms with Crippen molar-refractivity contribution in [1.29, 1.82) is 0 Å². The van der Waals surface area contributed by atoms with E-state index in [2.05, 4.69) is 5.32 Å². The number of carbonyl (C=O) groups is 3. The molecular weight excluding hydrogens is 659 g/mol. The SMILES string of the molecule is O=C(Cn1c2c(sc1=O)C(c1ccc(Cl)cc1)C1C(=O)N(c3cccc(C(F)(F)F)c3)C(=O)C1S2)Nc1ccc2ccccc2c1. The Labute approximate surface area is 272 Å². The number of nitrogens with zero attached hydrogens (tertiary/aromatic N) is 2. The van der Waals surface area contributed by atoms with E-state index < -0.39 is 51.4 Å². The highest BCUT2D eigenvalue weighted by Crippen LogP contribution is 2.54. The smallest absolute Gasteiger partial charge is 0.325 e. The van der Waals surface area contributed by atoms with Crippen molar-refractivity contribution >= 4 is 74.6 Å². The van der Waals surface area contributed by atoms with E-state index in [1.807, 2.05) is 36.4 Å². The normalized spacial score (nSPS) is 19.3. The maximum atomic E-state index is 14.0. The third kappa shape index (κ3) is 5.29. The molecule has 3 amide bonds. The van der Waals surface area contributed by atoms with E-state index in [0.29, 0.717) is 26.2 Å². The summed E-state index contributed by atoms with van der Waals surface area (Å²) in [6.07, 6.45) is -4.68. The molecule has 1 saturated heterocycles. The highest BCUT2D eigenvalue weighted by atomic mass is 35.5. The van der Waals surface area contributed by atoms with Crippen LogP contribution < -0.4 is 15.1 Å². The quantitative estimate of drug-likeness (QED) is 0.199. The van der Waals surface area contributed by atoms with Gasteiger partial charge in [0, 0.05) is 21.5 Å². The first kappa shape index (κ1) is 30.3. The second-order valence-corrected chi connectivity index (χ2v) is 13.4. The van der Waals surface area contributed by atoms with Crippen molar-refractivity contribution in [2.45, 2.75) is 28.9 Å². The molecule has 3 unspecified atom stereocenters. The second-order valence-electron chi connectivity index (χ2n) is 10.9. The molecule has 7 rings (SSSR count). The lowest BCUT2D eigenvalue weighted by Crippen LogP contribution is -2.33. The number of imide groups is 1.